The maximum Gasteiger partial charge on any atom is 0.234 e. The van der Waals surface area contributed by atoms with Crippen molar-refractivity contribution in [2.45, 2.75) is 6.42 Å². The van der Waals surface area contributed by atoms with Crippen LogP contribution in [0.2, 0.25) is 0 Å². The molecule has 0 heterocycles. The molecule has 54 valence electrons. The highest BCUT2D eigenvalue weighted by molar-refractivity contribution is 9.09. The molecule has 0 spiro atoms. The van der Waals surface area contributed by atoms with Crippen molar-refractivity contribution >= 4 is 21.8 Å². The summed E-state index contributed by atoms with van der Waals surface area (Å²) in [6.45, 7) is 0. The highest BCUT2D eigenvalue weighted by atomic mass is 79.9. The maximum atomic E-state index is 10.7. The number of amides is 1. The monoisotopic (exact) mass is 201 g/mol. The first kappa shape index (κ1) is 7.54. The van der Waals surface area contributed by atoms with Gasteiger partial charge in [0.2, 0.25) is 5.91 Å². The van der Waals surface area contributed by atoms with Crippen LogP contribution in [0, 0.1) is 0 Å². The van der Waals surface area contributed by atoms with Crippen LogP contribution < -0.4 is 5.32 Å². The van der Waals surface area contributed by atoms with E-state index in [0.717, 1.165) is 12.1 Å². The number of hydrogen-bond acceptors (Lipinski definition) is 1. The number of allylic oxidation sites excluding steroid dienone is 3. The lowest BCUT2D eigenvalue weighted by Gasteiger charge is -2.00. The average molecular weight is 202 g/mol. The molecule has 1 aliphatic rings. The molecule has 0 atom stereocenters. The second kappa shape index (κ2) is 3.56. The highest BCUT2D eigenvalue weighted by Gasteiger charge is 2.02. The number of alkyl halides is 1. The fourth-order valence-electron chi connectivity index (χ4n) is 0.752. The minimum Gasteiger partial charge on any atom is -0.329 e. The van der Waals surface area contributed by atoms with Crippen molar-refractivity contribution in [3.05, 3.63) is 23.9 Å². The molecule has 0 aromatic carbocycles. The third kappa shape index (κ3) is 1.99. The summed E-state index contributed by atoms with van der Waals surface area (Å²) in [5.41, 5.74) is 0.976. The molecule has 2 nitrogen and oxygen atoms in total. The van der Waals surface area contributed by atoms with E-state index in [1.807, 2.05) is 18.2 Å². The lowest BCUT2D eigenvalue weighted by Crippen LogP contribution is -2.22. The molecule has 1 amide bonds. The van der Waals surface area contributed by atoms with E-state index in [-0.39, 0.29) is 5.91 Å². The Hall–Kier alpha value is -0.570. The third-order valence-corrected chi connectivity index (χ3v) is 1.70. The minimum atomic E-state index is 0.00921. The SMILES string of the molecule is O=C(CBr)NC1=CC=CC1. The minimum absolute atomic E-state index is 0.00921. The van der Waals surface area contributed by atoms with Gasteiger partial charge in [0.25, 0.3) is 0 Å². The zero-order chi connectivity index (χ0) is 7.40. The molecule has 0 saturated heterocycles. The molecule has 0 bridgehead atoms. The van der Waals surface area contributed by atoms with Crippen LogP contribution in [0.5, 0.6) is 0 Å². The van der Waals surface area contributed by atoms with E-state index in [4.69, 9.17) is 0 Å². The van der Waals surface area contributed by atoms with E-state index >= 15 is 0 Å². The van der Waals surface area contributed by atoms with Crippen LogP contribution in [0.4, 0.5) is 0 Å². The first-order chi connectivity index (χ1) is 4.83. The van der Waals surface area contributed by atoms with Crippen molar-refractivity contribution in [2.75, 3.05) is 5.33 Å². The van der Waals surface area contributed by atoms with Gasteiger partial charge in [-0.15, -0.1) is 0 Å². The molecule has 1 rings (SSSR count). The van der Waals surface area contributed by atoms with Crippen LogP contribution >= 0.6 is 15.9 Å². The number of nitrogens with one attached hydrogen (secondary N) is 1. The Bertz CT molecular complexity index is 196. The molecule has 1 aliphatic carbocycles. The van der Waals surface area contributed by atoms with Gasteiger partial charge in [-0.25, -0.2) is 0 Å². The predicted octanol–water partition coefficient (Wildman–Crippen LogP) is 1.34. The van der Waals surface area contributed by atoms with Crippen LogP contribution in [0.15, 0.2) is 23.9 Å². The number of halogens is 1. The van der Waals surface area contributed by atoms with Gasteiger partial charge in [-0.2, -0.15) is 0 Å². The highest BCUT2D eigenvalue weighted by Crippen LogP contribution is 2.05. The first-order valence-electron chi connectivity index (χ1n) is 3.04. The lowest BCUT2D eigenvalue weighted by atomic mass is 10.4. The second-order valence-electron chi connectivity index (χ2n) is 2.01. The van der Waals surface area contributed by atoms with Gasteiger partial charge in [0, 0.05) is 12.1 Å². The number of carbonyl (C=O) groups excluding carboxylic acids is 1. The van der Waals surface area contributed by atoms with Crippen molar-refractivity contribution in [1.29, 1.82) is 0 Å². The molecular weight excluding hydrogens is 194 g/mol. The van der Waals surface area contributed by atoms with Crippen molar-refractivity contribution in [2.24, 2.45) is 0 Å². The Labute approximate surface area is 68.1 Å². The molecule has 0 saturated carbocycles. The number of carbonyl (C=O) groups is 1. The van der Waals surface area contributed by atoms with Crippen LogP contribution in [0.3, 0.4) is 0 Å². The molecule has 0 radical (unpaired) electrons. The molecule has 3 heteroatoms. The molecule has 0 aliphatic heterocycles. The Morgan fingerprint density at radius 2 is 2.60 bits per heavy atom. The van der Waals surface area contributed by atoms with Gasteiger partial charge < -0.3 is 5.32 Å². The summed E-state index contributed by atoms with van der Waals surface area (Å²) in [5, 5.41) is 3.11. The van der Waals surface area contributed by atoms with E-state index < -0.39 is 0 Å². The predicted molar refractivity (Wildman–Crippen MR) is 43.8 cm³/mol. The molecule has 0 aromatic heterocycles. The van der Waals surface area contributed by atoms with Crippen LogP contribution in [-0.2, 0) is 4.79 Å². The molecule has 0 aromatic rings. The Morgan fingerprint density at radius 3 is 3.10 bits per heavy atom. The summed E-state index contributed by atoms with van der Waals surface area (Å²) < 4.78 is 0. The quantitative estimate of drug-likeness (QED) is 0.672. The lowest BCUT2D eigenvalue weighted by molar-refractivity contribution is -0.117. The maximum absolute atomic E-state index is 10.7. The standard InChI is InChI=1S/C7H8BrNO/c8-5-7(10)9-6-3-1-2-4-6/h1-3H,4-5H2,(H,9,10). The Kier molecular flexibility index (Phi) is 2.68. The normalized spacial score (nSPS) is 15.1. The van der Waals surface area contributed by atoms with Crippen LogP contribution in [0.1, 0.15) is 6.42 Å². The number of hydrogen-bond donors (Lipinski definition) is 1. The van der Waals surface area contributed by atoms with Gasteiger partial charge in [0.15, 0.2) is 0 Å². The fourth-order valence-corrected chi connectivity index (χ4v) is 0.893. The van der Waals surface area contributed by atoms with E-state index in [1.54, 1.807) is 0 Å². The van der Waals surface area contributed by atoms with E-state index in [1.165, 1.54) is 0 Å². The zero-order valence-electron chi connectivity index (χ0n) is 5.43. The van der Waals surface area contributed by atoms with E-state index in [0.29, 0.717) is 5.33 Å². The molecule has 1 N–H and O–H groups in total. The Morgan fingerprint density at radius 1 is 1.80 bits per heavy atom. The topological polar surface area (TPSA) is 29.1 Å². The van der Waals surface area contributed by atoms with E-state index in [2.05, 4.69) is 21.2 Å². The average Bonchev–Trinajstić information content (AvgIpc) is 2.40. The summed E-state index contributed by atoms with van der Waals surface area (Å²) in [4.78, 5) is 10.7. The van der Waals surface area contributed by atoms with Gasteiger partial charge in [-0.05, 0) is 6.08 Å². The van der Waals surface area contributed by atoms with E-state index in [9.17, 15) is 4.79 Å². The molecule has 0 fully saturated rings. The first-order valence-corrected chi connectivity index (χ1v) is 4.16. The van der Waals surface area contributed by atoms with Gasteiger partial charge in [0.05, 0.1) is 5.33 Å². The third-order valence-electron chi connectivity index (χ3n) is 1.19. The summed E-state index contributed by atoms with van der Waals surface area (Å²) in [6.07, 6.45) is 6.69. The summed E-state index contributed by atoms with van der Waals surface area (Å²) >= 11 is 3.06. The van der Waals surface area contributed by atoms with Crippen LogP contribution in [0.25, 0.3) is 0 Å². The smallest absolute Gasteiger partial charge is 0.234 e. The van der Waals surface area contributed by atoms with Crippen LogP contribution in [-0.4, -0.2) is 11.2 Å². The summed E-state index contributed by atoms with van der Waals surface area (Å²) in [5.74, 6) is 0.00921. The largest absolute Gasteiger partial charge is 0.329 e. The molecular formula is C7H8BrNO. The van der Waals surface area contributed by atoms with Crippen molar-refractivity contribution in [3.8, 4) is 0 Å². The summed E-state index contributed by atoms with van der Waals surface area (Å²) in [6, 6.07) is 0. The van der Waals surface area contributed by atoms with Gasteiger partial charge in [-0.1, -0.05) is 28.1 Å². The molecule has 10 heavy (non-hydrogen) atoms. The molecule has 0 unspecified atom stereocenters. The Balaban J connectivity index is 2.33. The van der Waals surface area contributed by atoms with Crippen molar-refractivity contribution in [3.63, 3.8) is 0 Å². The van der Waals surface area contributed by atoms with Crippen molar-refractivity contribution < 1.29 is 4.79 Å². The summed E-state index contributed by atoms with van der Waals surface area (Å²) in [7, 11) is 0. The second-order valence-corrected chi connectivity index (χ2v) is 2.57. The zero-order valence-corrected chi connectivity index (χ0v) is 7.02. The fraction of sp³-hybridized carbons (Fsp3) is 0.286. The van der Waals surface area contributed by atoms with Gasteiger partial charge in [-0.3, -0.25) is 4.79 Å². The number of rotatable bonds is 2. The van der Waals surface area contributed by atoms with Gasteiger partial charge in [0.1, 0.15) is 0 Å². The van der Waals surface area contributed by atoms with Gasteiger partial charge >= 0.3 is 0 Å². The van der Waals surface area contributed by atoms with Crippen molar-refractivity contribution in [1.82, 2.24) is 5.32 Å².